The molecule has 3 heterocycles. The third-order valence-electron chi connectivity index (χ3n) is 7.96. The normalized spacial score (nSPS) is 24.7. The van der Waals surface area contributed by atoms with Crippen LogP contribution in [0.2, 0.25) is 0 Å². The van der Waals surface area contributed by atoms with E-state index in [-0.39, 0.29) is 31.1 Å². The molecule has 3 amide bonds. The van der Waals surface area contributed by atoms with E-state index >= 15 is 0 Å². The first-order chi connectivity index (χ1) is 17.6. The van der Waals surface area contributed by atoms with E-state index in [9.17, 15) is 24.3 Å². The summed E-state index contributed by atoms with van der Waals surface area (Å²) in [5.74, 6) is -1.58. The molecular weight excluding hydrogens is 480 g/mol. The van der Waals surface area contributed by atoms with Crippen LogP contribution in [-0.4, -0.2) is 62.2 Å². The largest absolute Gasteiger partial charge is 0.494 e. The van der Waals surface area contributed by atoms with Crippen molar-refractivity contribution in [3.05, 3.63) is 62.3 Å². The molecule has 0 bridgehead atoms. The SMILES string of the molecule is CC1(CN2C(=O)NC(=O)C23COC3)CCC(n2c(=O)c(C(=N)N)c(O)n(Cc3ccccc3)c2=O)CC1. The average Bonchev–Trinajstić information content (AvgIpc) is 3.07. The molecule has 1 aliphatic carbocycles. The van der Waals surface area contributed by atoms with Gasteiger partial charge in [-0.05, 0) is 36.7 Å². The fourth-order valence-corrected chi connectivity index (χ4v) is 5.63. The van der Waals surface area contributed by atoms with Crippen LogP contribution >= 0.6 is 0 Å². The van der Waals surface area contributed by atoms with Crippen LogP contribution in [0.15, 0.2) is 39.9 Å². The Hall–Kier alpha value is -3.93. The Morgan fingerprint density at radius 3 is 2.38 bits per heavy atom. The zero-order valence-electron chi connectivity index (χ0n) is 20.5. The zero-order chi connectivity index (χ0) is 26.5. The van der Waals surface area contributed by atoms with Crippen LogP contribution in [0.4, 0.5) is 4.79 Å². The van der Waals surface area contributed by atoms with Gasteiger partial charge < -0.3 is 20.5 Å². The van der Waals surface area contributed by atoms with Crippen molar-refractivity contribution in [3.8, 4) is 5.88 Å². The lowest BCUT2D eigenvalue weighted by molar-refractivity contribution is -0.156. The van der Waals surface area contributed by atoms with Crippen LogP contribution < -0.4 is 22.3 Å². The topological polar surface area (TPSA) is 173 Å². The number of nitrogen functional groups attached to an aromatic ring is 1. The van der Waals surface area contributed by atoms with Gasteiger partial charge in [-0.1, -0.05) is 37.3 Å². The molecule has 12 nitrogen and oxygen atoms in total. The molecule has 37 heavy (non-hydrogen) atoms. The fraction of sp³-hybridized carbons (Fsp3) is 0.480. The van der Waals surface area contributed by atoms with Crippen LogP contribution in [0.3, 0.4) is 0 Å². The Morgan fingerprint density at radius 1 is 1.16 bits per heavy atom. The van der Waals surface area contributed by atoms with E-state index in [4.69, 9.17) is 15.9 Å². The molecule has 0 atom stereocenters. The summed E-state index contributed by atoms with van der Waals surface area (Å²) in [4.78, 5) is 53.2. The summed E-state index contributed by atoms with van der Waals surface area (Å²) < 4.78 is 7.42. The standard InChI is InChI=1S/C25H30N6O6/c1-24(12-30-22(35)28-21(34)25(30)13-37-14-25)9-7-16(8-10-24)31-20(33)17(18(26)27)19(32)29(23(31)36)11-15-5-3-2-4-6-15/h2-6,16,32H,7-14H2,1H3,(H3,26,27)(H,28,34,35). The minimum Gasteiger partial charge on any atom is -0.494 e. The number of ether oxygens (including phenoxy) is 1. The molecular formula is C25H30N6O6. The van der Waals surface area contributed by atoms with E-state index in [1.165, 1.54) is 0 Å². The van der Waals surface area contributed by atoms with Gasteiger partial charge in [-0.25, -0.2) is 9.59 Å². The van der Waals surface area contributed by atoms with Gasteiger partial charge in [-0.3, -0.25) is 29.4 Å². The van der Waals surface area contributed by atoms with Gasteiger partial charge in [-0.2, -0.15) is 0 Å². The lowest BCUT2D eigenvalue weighted by Gasteiger charge is -2.47. The Labute approximate surface area is 212 Å². The number of aromatic hydroxyl groups is 1. The lowest BCUT2D eigenvalue weighted by atomic mass is 9.73. The fourth-order valence-electron chi connectivity index (χ4n) is 5.63. The first kappa shape index (κ1) is 24.8. The number of rotatable bonds is 6. The number of hydrogen-bond donors (Lipinski definition) is 4. The second-order valence-corrected chi connectivity index (χ2v) is 10.6. The molecule has 0 unspecified atom stereocenters. The van der Waals surface area contributed by atoms with Crippen molar-refractivity contribution in [1.82, 2.24) is 19.4 Å². The number of aromatic nitrogens is 2. The summed E-state index contributed by atoms with van der Waals surface area (Å²) in [6.45, 7) is 2.73. The van der Waals surface area contributed by atoms with E-state index in [0.29, 0.717) is 32.2 Å². The molecule has 12 heteroatoms. The number of benzene rings is 1. The molecule has 5 rings (SSSR count). The van der Waals surface area contributed by atoms with Gasteiger partial charge in [0.15, 0.2) is 5.54 Å². The van der Waals surface area contributed by atoms with Gasteiger partial charge in [0, 0.05) is 12.6 Å². The molecule has 3 aliphatic rings. The Morgan fingerprint density at radius 2 is 1.81 bits per heavy atom. The highest BCUT2D eigenvalue weighted by atomic mass is 16.5. The molecule has 1 spiro atoms. The molecule has 1 aromatic carbocycles. The van der Waals surface area contributed by atoms with Crippen molar-refractivity contribution in [2.45, 2.75) is 50.7 Å². The smallest absolute Gasteiger partial charge is 0.334 e. The van der Waals surface area contributed by atoms with Gasteiger partial charge in [0.25, 0.3) is 11.5 Å². The highest BCUT2D eigenvalue weighted by Gasteiger charge is 2.59. The van der Waals surface area contributed by atoms with E-state index in [0.717, 1.165) is 14.7 Å². The highest BCUT2D eigenvalue weighted by molar-refractivity contribution is 6.07. The van der Waals surface area contributed by atoms with Gasteiger partial charge in [0.05, 0.1) is 19.8 Å². The molecule has 3 fully saturated rings. The third-order valence-corrected chi connectivity index (χ3v) is 7.96. The lowest BCUT2D eigenvalue weighted by Crippen LogP contribution is -2.65. The molecule has 1 aromatic heterocycles. The van der Waals surface area contributed by atoms with Crippen LogP contribution in [0, 0.1) is 10.8 Å². The quantitative estimate of drug-likeness (QED) is 0.249. The van der Waals surface area contributed by atoms with Crippen molar-refractivity contribution in [2.24, 2.45) is 11.1 Å². The molecule has 5 N–H and O–H groups in total. The van der Waals surface area contributed by atoms with E-state index in [1.54, 1.807) is 29.2 Å². The van der Waals surface area contributed by atoms with Crippen LogP contribution in [0.1, 0.15) is 49.8 Å². The summed E-state index contributed by atoms with van der Waals surface area (Å²) >= 11 is 0. The number of nitrogens with two attached hydrogens (primary N) is 1. The Kier molecular flexibility index (Phi) is 5.94. The predicted octanol–water partition coefficient (Wildman–Crippen LogP) is 0.490. The maximum Gasteiger partial charge on any atom is 0.334 e. The number of amides is 3. The summed E-state index contributed by atoms with van der Waals surface area (Å²) in [6.07, 6.45) is 2.11. The van der Waals surface area contributed by atoms with Crippen molar-refractivity contribution in [3.63, 3.8) is 0 Å². The molecule has 2 saturated heterocycles. The number of carbonyl (C=O) groups excluding carboxylic acids is 2. The van der Waals surface area contributed by atoms with Crippen LogP contribution in [-0.2, 0) is 16.1 Å². The minimum absolute atomic E-state index is 0.0127. The van der Waals surface area contributed by atoms with Gasteiger partial charge in [0.2, 0.25) is 5.88 Å². The number of urea groups is 1. The third kappa shape index (κ3) is 4.01. The summed E-state index contributed by atoms with van der Waals surface area (Å²) in [7, 11) is 0. The predicted molar refractivity (Wildman–Crippen MR) is 133 cm³/mol. The van der Waals surface area contributed by atoms with Crippen LogP contribution in [0.5, 0.6) is 5.88 Å². The summed E-state index contributed by atoms with van der Waals surface area (Å²) in [6, 6.07) is 8.12. The number of imide groups is 1. The number of nitrogens with one attached hydrogen (secondary N) is 2. The monoisotopic (exact) mass is 510 g/mol. The Bertz CT molecular complexity index is 1380. The molecule has 2 aromatic rings. The number of amidine groups is 1. The van der Waals surface area contributed by atoms with Crippen molar-refractivity contribution < 1.29 is 19.4 Å². The van der Waals surface area contributed by atoms with Crippen molar-refractivity contribution >= 4 is 17.8 Å². The molecule has 196 valence electrons. The second kappa shape index (κ2) is 8.87. The van der Waals surface area contributed by atoms with Gasteiger partial charge in [0.1, 0.15) is 11.4 Å². The first-order valence-electron chi connectivity index (χ1n) is 12.2. The first-order valence-corrected chi connectivity index (χ1v) is 12.2. The van der Waals surface area contributed by atoms with Gasteiger partial charge >= 0.3 is 11.7 Å². The summed E-state index contributed by atoms with van der Waals surface area (Å²) in [5.41, 5.74) is 3.23. The molecule has 2 aliphatic heterocycles. The maximum atomic E-state index is 13.5. The number of hydrogen-bond acceptors (Lipinski definition) is 7. The molecule has 0 radical (unpaired) electrons. The van der Waals surface area contributed by atoms with Gasteiger partial charge in [-0.15, -0.1) is 0 Å². The number of carbonyl (C=O) groups is 2. The zero-order valence-corrected chi connectivity index (χ0v) is 20.5. The number of nitrogens with zero attached hydrogens (tertiary/aromatic N) is 3. The Balaban J connectivity index is 1.42. The van der Waals surface area contributed by atoms with E-state index in [1.807, 2.05) is 13.0 Å². The van der Waals surface area contributed by atoms with Crippen molar-refractivity contribution in [2.75, 3.05) is 19.8 Å². The summed E-state index contributed by atoms with van der Waals surface area (Å²) in [5, 5.41) is 21.0. The van der Waals surface area contributed by atoms with E-state index < -0.39 is 46.1 Å². The minimum atomic E-state index is -0.952. The molecule has 1 saturated carbocycles. The van der Waals surface area contributed by atoms with Crippen molar-refractivity contribution in [1.29, 1.82) is 5.41 Å². The highest BCUT2D eigenvalue weighted by Crippen LogP contribution is 2.43. The van der Waals surface area contributed by atoms with Crippen LogP contribution in [0.25, 0.3) is 0 Å². The maximum absolute atomic E-state index is 13.5. The van der Waals surface area contributed by atoms with E-state index in [2.05, 4.69) is 5.32 Å². The average molecular weight is 511 g/mol. The second-order valence-electron chi connectivity index (χ2n) is 10.6.